The van der Waals surface area contributed by atoms with Crippen LogP contribution >= 0.6 is 23.1 Å². The van der Waals surface area contributed by atoms with Crippen molar-refractivity contribution >= 4 is 29.1 Å². The maximum absolute atomic E-state index is 10.6. The molecule has 0 aliphatic heterocycles. The van der Waals surface area contributed by atoms with Crippen molar-refractivity contribution in [2.45, 2.75) is 43.6 Å². The van der Waals surface area contributed by atoms with E-state index in [1.165, 1.54) is 11.3 Å². The first kappa shape index (κ1) is 14.5. The molecule has 0 fully saturated rings. The Morgan fingerprint density at radius 2 is 2.18 bits per heavy atom. The number of aliphatic hydroxyl groups is 1. The Morgan fingerprint density at radius 1 is 1.53 bits per heavy atom. The Bertz CT molecular complexity index is 396. The van der Waals surface area contributed by atoms with Crippen molar-refractivity contribution in [3.8, 4) is 0 Å². The molecule has 6 heteroatoms. The molecule has 1 aromatic heterocycles. The second-order valence-corrected chi connectivity index (χ2v) is 6.90. The Kier molecular flexibility index (Phi) is 4.97. The molecular weight excluding hydrogens is 258 g/mol. The first-order valence-corrected chi connectivity index (χ1v) is 7.11. The quantitative estimate of drug-likeness (QED) is 0.780. The highest BCUT2D eigenvalue weighted by molar-refractivity contribution is 8.01. The molecule has 0 saturated heterocycles. The van der Waals surface area contributed by atoms with E-state index < -0.39 is 11.6 Å². The van der Waals surface area contributed by atoms with Crippen molar-refractivity contribution in [2.75, 3.05) is 5.75 Å². The van der Waals surface area contributed by atoms with Crippen LogP contribution in [-0.2, 0) is 11.2 Å². The normalized spacial score (nSPS) is 11.8. The van der Waals surface area contributed by atoms with Gasteiger partial charge in [0.1, 0.15) is 4.34 Å². The third-order valence-corrected chi connectivity index (χ3v) is 4.43. The van der Waals surface area contributed by atoms with Gasteiger partial charge in [0.15, 0.2) is 0 Å². The minimum absolute atomic E-state index is 0.0373. The van der Waals surface area contributed by atoms with Crippen molar-refractivity contribution in [3.63, 3.8) is 0 Å². The van der Waals surface area contributed by atoms with Crippen molar-refractivity contribution in [3.05, 3.63) is 10.6 Å². The molecule has 0 bridgehead atoms. The van der Waals surface area contributed by atoms with Gasteiger partial charge in [-0.25, -0.2) is 4.98 Å². The maximum atomic E-state index is 10.6. The summed E-state index contributed by atoms with van der Waals surface area (Å²) < 4.78 is 0.878. The fourth-order valence-corrected chi connectivity index (χ4v) is 3.70. The predicted molar refractivity (Wildman–Crippen MR) is 69.8 cm³/mol. The van der Waals surface area contributed by atoms with Crippen LogP contribution in [0.1, 0.15) is 30.8 Å². The molecule has 0 aliphatic carbocycles. The van der Waals surface area contributed by atoms with Crippen LogP contribution in [0.15, 0.2) is 4.34 Å². The van der Waals surface area contributed by atoms with Gasteiger partial charge in [-0.1, -0.05) is 11.8 Å². The van der Waals surface area contributed by atoms with Crippen LogP contribution in [0, 0.1) is 6.92 Å². The zero-order valence-electron chi connectivity index (χ0n) is 10.2. The summed E-state index contributed by atoms with van der Waals surface area (Å²) in [6, 6.07) is 0. The van der Waals surface area contributed by atoms with Gasteiger partial charge in [0.05, 0.1) is 17.7 Å². The summed E-state index contributed by atoms with van der Waals surface area (Å²) in [5, 5.41) is 18.3. The van der Waals surface area contributed by atoms with E-state index in [1.807, 2.05) is 6.92 Å². The predicted octanol–water partition coefficient (Wildman–Crippen LogP) is 2.33. The van der Waals surface area contributed by atoms with Crippen LogP contribution in [0.5, 0.6) is 0 Å². The average Bonchev–Trinajstić information content (AvgIpc) is 2.43. The molecule has 1 rings (SSSR count). The fourth-order valence-electron chi connectivity index (χ4n) is 1.15. The molecule has 4 nitrogen and oxygen atoms in total. The Hall–Kier alpha value is -0.590. The summed E-state index contributed by atoms with van der Waals surface area (Å²) in [5.41, 5.74) is 0.131. The molecule has 2 N–H and O–H groups in total. The molecule has 17 heavy (non-hydrogen) atoms. The minimum atomic E-state index is -0.829. The number of thiazole rings is 1. The molecule has 0 radical (unpaired) electrons. The number of carboxylic acid groups (broad SMARTS) is 1. The van der Waals surface area contributed by atoms with Gasteiger partial charge >= 0.3 is 5.97 Å². The number of aromatic nitrogens is 1. The monoisotopic (exact) mass is 275 g/mol. The Morgan fingerprint density at radius 3 is 2.71 bits per heavy atom. The van der Waals surface area contributed by atoms with Gasteiger partial charge in [-0.2, -0.15) is 0 Å². The van der Waals surface area contributed by atoms with Crippen LogP contribution in [0.25, 0.3) is 0 Å². The summed E-state index contributed by atoms with van der Waals surface area (Å²) in [6.07, 6.45) is 0.722. The highest BCUT2D eigenvalue weighted by Crippen LogP contribution is 2.29. The Balaban J connectivity index is 2.53. The van der Waals surface area contributed by atoms with E-state index in [4.69, 9.17) is 5.11 Å². The largest absolute Gasteiger partial charge is 0.481 e. The maximum Gasteiger partial charge on any atom is 0.308 e. The molecule has 0 aliphatic rings. The van der Waals surface area contributed by atoms with Crippen molar-refractivity contribution < 1.29 is 15.0 Å². The van der Waals surface area contributed by atoms with Gasteiger partial charge in [-0.15, -0.1) is 11.3 Å². The van der Waals surface area contributed by atoms with Gasteiger partial charge < -0.3 is 10.2 Å². The first-order chi connectivity index (χ1) is 7.78. The third-order valence-electron chi connectivity index (χ3n) is 2.12. The number of rotatable bonds is 6. The lowest BCUT2D eigenvalue weighted by Crippen LogP contribution is -2.18. The molecule has 1 aromatic rings. The number of aliphatic carboxylic acids is 1. The van der Waals surface area contributed by atoms with E-state index in [-0.39, 0.29) is 6.42 Å². The molecule has 0 amide bonds. The van der Waals surface area contributed by atoms with E-state index in [0.29, 0.717) is 6.42 Å². The second kappa shape index (κ2) is 5.84. The van der Waals surface area contributed by atoms with E-state index in [1.54, 1.807) is 25.6 Å². The molecule has 1 heterocycles. The lowest BCUT2D eigenvalue weighted by Gasteiger charge is -2.15. The second-order valence-electron chi connectivity index (χ2n) is 4.47. The average molecular weight is 275 g/mol. The Labute approximate surface area is 109 Å². The third kappa shape index (κ3) is 5.52. The molecule has 0 saturated carbocycles. The van der Waals surface area contributed by atoms with Crippen molar-refractivity contribution in [2.24, 2.45) is 0 Å². The van der Waals surface area contributed by atoms with E-state index in [9.17, 15) is 9.90 Å². The first-order valence-electron chi connectivity index (χ1n) is 5.31. The molecule has 0 atom stereocenters. The fraction of sp³-hybridized carbons (Fsp3) is 0.636. The van der Waals surface area contributed by atoms with Crippen molar-refractivity contribution in [1.29, 1.82) is 0 Å². The van der Waals surface area contributed by atoms with Crippen LogP contribution in [0.3, 0.4) is 0 Å². The van der Waals surface area contributed by atoms with E-state index >= 15 is 0 Å². The van der Waals surface area contributed by atoms with Gasteiger partial charge in [0.2, 0.25) is 0 Å². The van der Waals surface area contributed by atoms with E-state index in [0.717, 1.165) is 20.7 Å². The van der Waals surface area contributed by atoms with Gasteiger partial charge in [0.25, 0.3) is 0 Å². The minimum Gasteiger partial charge on any atom is -0.481 e. The smallest absolute Gasteiger partial charge is 0.308 e. The van der Waals surface area contributed by atoms with Gasteiger partial charge in [0, 0.05) is 10.6 Å². The summed E-state index contributed by atoms with van der Waals surface area (Å²) in [7, 11) is 0. The van der Waals surface area contributed by atoms with E-state index in [2.05, 4.69) is 4.98 Å². The standard InChI is InChI=1S/C11H17NO3S2/c1-7-8(6-9(13)14)17-10(12-7)16-5-4-11(2,3)15/h15H,4-6H2,1-3H3,(H,13,14). The summed E-state index contributed by atoms with van der Waals surface area (Å²) >= 11 is 2.99. The number of carbonyl (C=O) groups is 1. The summed E-state index contributed by atoms with van der Waals surface area (Å²) in [4.78, 5) is 15.7. The number of thioether (sulfide) groups is 1. The van der Waals surface area contributed by atoms with Crippen LogP contribution < -0.4 is 0 Å². The number of nitrogens with zero attached hydrogens (tertiary/aromatic N) is 1. The number of carboxylic acids is 1. The molecule has 0 aromatic carbocycles. The highest BCUT2D eigenvalue weighted by atomic mass is 32.2. The van der Waals surface area contributed by atoms with Crippen LogP contribution in [0.2, 0.25) is 0 Å². The topological polar surface area (TPSA) is 70.4 Å². The zero-order chi connectivity index (χ0) is 13.1. The highest BCUT2D eigenvalue weighted by Gasteiger charge is 2.14. The lowest BCUT2D eigenvalue weighted by molar-refractivity contribution is -0.136. The molecule has 96 valence electrons. The van der Waals surface area contributed by atoms with Crippen LogP contribution in [0.4, 0.5) is 0 Å². The van der Waals surface area contributed by atoms with Crippen molar-refractivity contribution in [1.82, 2.24) is 4.98 Å². The molecular formula is C11H17NO3S2. The molecule has 0 unspecified atom stereocenters. The number of aryl methyl sites for hydroxylation is 1. The summed E-state index contributed by atoms with van der Waals surface area (Å²) in [5.74, 6) is -0.0482. The lowest BCUT2D eigenvalue weighted by atomic mass is 10.1. The number of hydrogen-bond acceptors (Lipinski definition) is 5. The summed E-state index contributed by atoms with van der Waals surface area (Å²) in [6.45, 7) is 5.38. The van der Waals surface area contributed by atoms with Gasteiger partial charge in [-0.05, 0) is 27.2 Å². The molecule has 0 spiro atoms. The SMILES string of the molecule is Cc1nc(SCCC(C)(C)O)sc1CC(=O)O. The number of hydrogen-bond donors (Lipinski definition) is 2. The van der Waals surface area contributed by atoms with Crippen LogP contribution in [-0.4, -0.2) is 32.5 Å². The zero-order valence-corrected chi connectivity index (χ0v) is 11.8. The van der Waals surface area contributed by atoms with Gasteiger partial charge in [-0.3, -0.25) is 4.79 Å².